The maximum absolute atomic E-state index is 12.1. The average Bonchev–Trinajstić information content (AvgIpc) is 2.99. The fourth-order valence-electron chi connectivity index (χ4n) is 2.77. The molecule has 0 aliphatic heterocycles. The van der Waals surface area contributed by atoms with Gasteiger partial charge in [-0.25, -0.2) is 0 Å². The number of guanidine groups is 1. The molecule has 1 amide bonds. The monoisotopic (exact) mass is 514 g/mol. The lowest BCUT2D eigenvalue weighted by Gasteiger charge is -2.12. The second-order valence-electron chi connectivity index (χ2n) is 6.46. The van der Waals surface area contributed by atoms with Gasteiger partial charge in [-0.1, -0.05) is 12.1 Å². The second-order valence-corrected chi connectivity index (χ2v) is 6.46. The number of halogens is 1. The molecule has 1 aromatic heterocycles. The van der Waals surface area contributed by atoms with Crippen molar-refractivity contribution >= 4 is 35.8 Å². The van der Waals surface area contributed by atoms with Crippen LogP contribution in [0.3, 0.4) is 0 Å². The predicted octanol–water partition coefficient (Wildman–Crippen LogP) is 2.20. The van der Waals surface area contributed by atoms with Crippen LogP contribution in [0.25, 0.3) is 0 Å². The zero-order valence-corrected chi connectivity index (χ0v) is 19.6. The molecule has 0 unspecified atom stereocenters. The molecule has 0 spiro atoms. The molecular formula is C20H31IN6O2. The van der Waals surface area contributed by atoms with Crippen molar-refractivity contribution in [2.45, 2.75) is 33.7 Å². The number of amides is 1. The maximum atomic E-state index is 12.1. The zero-order chi connectivity index (χ0) is 20.4. The van der Waals surface area contributed by atoms with Crippen LogP contribution in [0.1, 0.15) is 35.1 Å². The summed E-state index contributed by atoms with van der Waals surface area (Å²) in [6.07, 6.45) is 0.891. The van der Waals surface area contributed by atoms with Gasteiger partial charge in [-0.15, -0.1) is 24.0 Å². The highest BCUT2D eigenvalue weighted by atomic mass is 127. The summed E-state index contributed by atoms with van der Waals surface area (Å²) in [4.78, 5) is 16.6. The van der Waals surface area contributed by atoms with E-state index in [-0.39, 0.29) is 41.2 Å². The van der Waals surface area contributed by atoms with E-state index in [0.29, 0.717) is 25.6 Å². The molecule has 0 bridgehead atoms. The number of para-hydroxylation sites is 1. The van der Waals surface area contributed by atoms with Crippen LogP contribution >= 0.6 is 24.0 Å². The number of nitrogens with one attached hydrogen (secondary N) is 3. The van der Waals surface area contributed by atoms with Crippen LogP contribution in [-0.2, 0) is 6.54 Å². The fraction of sp³-hybridized carbons (Fsp3) is 0.450. The van der Waals surface area contributed by atoms with Gasteiger partial charge in [-0.3, -0.25) is 14.5 Å². The van der Waals surface area contributed by atoms with Gasteiger partial charge in [-0.2, -0.15) is 5.10 Å². The van der Waals surface area contributed by atoms with Crippen LogP contribution in [0, 0.1) is 13.8 Å². The Bertz CT molecular complexity index is 806. The molecule has 0 aliphatic carbocycles. The van der Waals surface area contributed by atoms with Gasteiger partial charge < -0.3 is 21.1 Å². The first-order valence-electron chi connectivity index (χ1n) is 9.60. The van der Waals surface area contributed by atoms with Crippen LogP contribution in [0.5, 0.6) is 5.75 Å². The van der Waals surface area contributed by atoms with Gasteiger partial charge >= 0.3 is 0 Å². The van der Waals surface area contributed by atoms with E-state index in [9.17, 15) is 9.90 Å². The largest absolute Gasteiger partial charge is 0.507 e. The van der Waals surface area contributed by atoms with Crippen molar-refractivity contribution in [1.82, 2.24) is 25.7 Å². The van der Waals surface area contributed by atoms with Crippen LogP contribution in [0.15, 0.2) is 35.3 Å². The minimum absolute atomic E-state index is 0. The Balaban J connectivity index is 0.00000420. The molecule has 0 saturated heterocycles. The van der Waals surface area contributed by atoms with Crippen molar-refractivity contribution in [1.29, 1.82) is 0 Å². The molecule has 4 N–H and O–H groups in total. The van der Waals surface area contributed by atoms with Gasteiger partial charge in [-0.05, 0) is 45.4 Å². The Hall–Kier alpha value is -2.30. The van der Waals surface area contributed by atoms with E-state index in [4.69, 9.17) is 0 Å². The van der Waals surface area contributed by atoms with Gasteiger partial charge in [0.25, 0.3) is 5.91 Å². The van der Waals surface area contributed by atoms with Crippen molar-refractivity contribution in [3.05, 3.63) is 47.3 Å². The SMILES string of the molecule is CCNC(=NCCCn1nc(C)cc1C)NCCNC(=O)c1ccccc1O.I. The van der Waals surface area contributed by atoms with E-state index < -0.39 is 0 Å². The molecule has 0 saturated carbocycles. The summed E-state index contributed by atoms with van der Waals surface area (Å²) in [6, 6.07) is 8.55. The lowest BCUT2D eigenvalue weighted by molar-refractivity contribution is 0.0951. The Morgan fingerprint density at radius 1 is 1.17 bits per heavy atom. The summed E-state index contributed by atoms with van der Waals surface area (Å²) in [5, 5.41) is 23.3. The van der Waals surface area contributed by atoms with Crippen molar-refractivity contribution in [2.75, 3.05) is 26.2 Å². The van der Waals surface area contributed by atoms with E-state index in [2.05, 4.69) is 39.0 Å². The predicted molar refractivity (Wildman–Crippen MR) is 126 cm³/mol. The number of aliphatic imine (C=N–C) groups is 1. The molecule has 1 heterocycles. The molecule has 0 aliphatic rings. The highest BCUT2D eigenvalue weighted by molar-refractivity contribution is 14.0. The quantitative estimate of drug-likeness (QED) is 0.178. The number of aromatic hydroxyl groups is 1. The van der Waals surface area contributed by atoms with Crippen LogP contribution in [-0.4, -0.2) is 52.9 Å². The van der Waals surface area contributed by atoms with Gasteiger partial charge in [0.05, 0.1) is 11.3 Å². The number of nitrogens with zero attached hydrogens (tertiary/aromatic N) is 3. The Morgan fingerprint density at radius 2 is 1.90 bits per heavy atom. The first-order chi connectivity index (χ1) is 13.5. The summed E-state index contributed by atoms with van der Waals surface area (Å²) in [7, 11) is 0. The van der Waals surface area contributed by atoms with Crippen LogP contribution in [0.4, 0.5) is 0 Å². The van der Waals surface area contributed by atoms with Gasteiger partial charge in [0.2, 0.25) is 0 Å². The molecule has 2 aromatic rings. The van der Waals surface area contributed by atoms with E-state index in [1.807, 2.05) is 18.5 Å². The number of aryl methyl sites for hydroxylation is 3. The minimum atomic E-state index is -0.299. The molecular weight excluding hydrogens is 483 g/mol. The zero-order valence-electron chi connectivity index (χ0n) is 17.2. The Labute approximate surface area is 189 Å². The molecule has 8 nitrogen and oxygen atoms in total. The van der Waals surface area contributed by atoms with Crippen molar-refractivity contribution in [3.8, 4) is 5.75 Å². The van der Waals surface area contributed by atoms with E-state index in [0.717, 1.165) is 30.9 Å². The van der Waals surface area contributed by atoms with Gasteiger partial charge in [0.1, 0.15) is 5.75 Å². The van der Waals surface area contributed by atoms with E-state index >= 15 is 0 Å². The van der Waals surface area contributed by atoms with Gasteiger partial charge in [0, 0.05) is 38.4 Å². The van der Waals surface area contributed by atoms with E-state index in [1.54, 1.807) is 18.2 Å². The Kier molecular flexibility index (Phi) is 11.1. The summed E-state index contributed by atoms with van der Waals surface area (Å²) < 4.78 is 2.00. The number of carbonyl (C=O) groups is 1. The first kappa shape index (κ1) is 24.7. The first-order valence-corrected chi connectivity index (χ1v) is 9.60. The highest BCUT2D eigenvalue weighted by Crippen LogP contribution is 2.14. The summed E-state index contributed by atoms with van der Waals surface area (Å²) in [6.45, 7) is 9.27. The summed E-state index contributed by atoms with van der Waals surface area (Å²) in [5.74, 6) is 0.393. The highest BCUT2D eigenvalue weighted by Gasteiger charge is 2.09. The van der Waals surface area contributed by atoms with Crippen molar-refractivity contribution in [2.24, 2.45) is 4.99 Å². The smallest absolute Gasteiger partial charge is 0.255 e. The molecule has 0 atom stereocenters. The van der Waals surface area contributed by atoms with Crippen molar-refractivity contribution < 1.29 is 9.90 Å². The minimum Gasteiger partial charge on any atom is -0.507 e. The second kappa shape index (κ2) is 13.0. The third kappa shape index (κ3) is 8.30. The molecule has 9 heteroatoms. The number of hydrogen-bond acceptors (Lipinski definition) is 4. The normalized spacial score (nSPS) is 10.9. The number of carbonyl (C=O) groups excluding carboxylic acids is 1. The third-order valence-electron chi connectivity index (χ3n) is 4.10. The maximum Gasteiger partial charge on any atom is 0.255 e. The molecule has 0 fully saturated rings. The Morgan fingerprint density at radius 3 is 2.55 bits per heavy atom. The number of phenols is 1. The van der Waals surface area contributed by atoms with Gasteiger partial charge in [0.15, 0.2) is 5.96 Å². The third-order valence-corrected chi connectivity index (χ3v) is 4.10. The van der Waals surface area contributed by atoms with Crippen LogP contribution in [0.2, 0.25) is 0 Å². The standard InChI is InChI=1S/C20H30N6O2.HI/c1-4-21-20(23-10-7-13-26-16(3)14-15(2)25-26)24-12-11-22-19(28)17-8-5-6-9-18(17)27;/h5-6,8-9,14,27H,4,7,10-13H2,1-3H3,(H,22,28)(H2,21,23,24);1H. The number of hydrogen-bond donors (Lipinski definition) is 4. The molecule has 1 aromatic carbocycles. The van der Waals surface area contributed by atoms with Crippen LogP contribution < -0.4 is 16.0 Å². The van der Waals surface area contributed by atoms with Crippen molar-refractivity contribution in [3.63, 3.8) is 0 Å². The lowest BCUT2D eigenvalue weighted by Crippen LogP contribution is -2.41. The molecule has 0 radical (unpaired) electrons. The number of rotatable bonds is 9. The fourth-order valence-corrected chi connectivity index (χ4v) is 2.77. The number of benzene rings is 1. The topological polar surface area (TPSA) is 104 Å². The average molecular weight is 514 g/mol. The summed E-state index contributed by atoms with van der Waals surface area (Å²) in [5.41, 5.74) is 2.46. The van der Waals surface area contributed by atoms with E-state index in [1.165, 1.54) is 6.07 Å². The number of aromatic nitrogens is 2. The summed E-state index contributed by atoms with van der Waals surface area (Å²) >= 11 is 0. The molecule has 160 valence electrons. The molecule has 29 heavy (non-hydrogen) atoms. The number of phenolic OH excluding ortho intramolecular Hbond substituents is 1. The lowest BCUT2D eigenvalue weighted by atomic mass is 10.2. The molecule has 2 rings (SSSR count).